The molecule has 0 N–H and O–H groups in total. The number of ether oxygens (including phenoxy) is 1. The average molecular weight is 307 g/mol. The van der Waals surface area contributed by atoms with Gasteiger partial charge in [0, 0.05) is 26.1 Å². The van der Waals surface area contributed by atoms with Crippen molar-refractivity contribution in [3.05, 3.63) is 47.4 Å². The summed E-state index contributed by atoms with van der Waals surface area (Å²) in [6.45, 7) is 6.26. The van der Waals surface area contributed by atoms with Gasteiger partial charge >= 0.3 is 0 Å². The Labute approximate surface area is 130 Å². The third-order valence-corrected chi connectivity index (χ3v) is 3.41. The molecule has 0 bridgehead atoms. The molecule has 0 saturated heterocycles. The van der Waals surface area contributed by atoms with E-state index < -0.39 is 0 Å². The molecule has 0 aliphatic heterocycles. The zero-order valence-electron chi connectivity index (χ0n) is 13.3. The monoisotopic (exact) mass is 307 g/mol. The predicted octanol–water partition coefficient (Wildman–Crippen LogP) is 2.66. The number of aromatic nitrogens is 2. The topological polar surface area (TPSA) is 51.4 Å². The fourth-order valence-corrected chi connectivity index (χ4v) is 2.16. The van der Waals surface area contributed by atoms with Crippen LogP contribution in [0.5, 0.6) is 0 Å². The molecule has 0 aliphatic rings. The van der Waals surface area contributed by atoms with Crippen molar-refractivity contribution >= 4 is 0 Å². The molecular formula is C16H22FN3O2. The van der Waals surface area contributed by atoms with Gasteiger partial charge in [-0.1, -0.05) is 17.3 Å². The summed E-state index contributed by atoms with van der Waals surface area (Å²) in [5, 5.41) is 3.97. The van der Waals surface area contributed by atoms with Gasteiger partial charge in [0.2, 0.25) is 5.89 Å². The summed E-state index contributed by atoms with van der Waals surface area (Å²) >= 11 is 0. The molecule has 6 heteroatoms. The van der Waals surface area contributed by atoms with Crippen molar-refractivity contribution in [2.75, 3.05) is 20.3 Å². The first-order valence-corrected chi connectivity index (χ1v) is 7.37. The third kappa shape index (κ3) is 4.89. The lowest BCUT2D eigenvalue weighted by Crippen LogP contribution is -2.33. The number of halogens is 1. The minimum absolute atomic E-state index is 0.258. The Balaban J connectivity index is 1.98. The molecule has 0 unspecified atom stereocenters. The second-order valence-corrected chi connectivity index (χ2v) is 5.47. The SMILES string of the molecule is COCCN(Cc1nc(Cc2cccc(F)c2)no1)C(C)C. The molecule has 2 aromatic rings. The van der Waals surface area contributed by atoms with E-state index in [2.05, 4.69) is 28.9 Å². The van der Waals surface area contributed by atoms with E-state index in [9.17, 15) is 4.39 Å². The largest absolute Gasteiger partial charge is 0.383 e. The van der Waals surface area contributed by atoms with Gasteiger partial charge in [0.15, 0.2) is 5.82 Å². The van der Waals surface area contributed by atoms with Gasteiger partial charge in [0.1, 0.15) is 5.82 Å². The van der Waals surface area contributed by atoms with E-state index in [1.54, 1.807) is 13.2 Å². The van der Waals surface area contributed by atoms with E-state index in [-0.39, 0.29) is 5.82 Å². The summed E-state index contributed by atoms with van der Waals surface area (Å²) in [6, 6.07) is 6.78. The van der Waals surface area contributed by atoms with Crippen LogP contribution in [-0.2, 0) is 17.7 Å². The Morgan fingerprint density at radius 1 is 1.36 bits per heavy atom. The lowest BCUT2D eigenvalue weighted by Gasteiger charge is -2.24. The number of hydrogen-bond donors (Lipinski definition) is 0. The number of nitrogens with zero attached hydrogens (tertiary/aromatic N) is 3. The van der Waals surface area contributed by atoms with Crippen molar-refractivity contribution in [2.24, 2.45) is 0 Å². The molecule has 0 aliphatic carbocycles. The maximum Gasteiger partial charge on any atom is 0.240 e. The quantitative estimate of drug-likeness (QED) is 0.750. The van der Waals surface area contributed by atoms with Crippen LogP contribution >= 0.6 is 0 Å². The minimum Gasteiger partial charge on any atom is -0.383 e. The van der Waals surface area contributed by atoms with E-state index in [0.29, 0.717) is 37.3 Å². The van der Waals surface area contributed by atoms with Crippen LogP contribution in [0.3, 0.4) is 0 Å². The van der Waals surface area contributed by atoms with E-state index in [1.807, 2.05) is 6.07 Å². The van der Waals surface area contributed by atoms with Crippen molar-refractivity contribution in [3.63, 3.8) is 0 Å². The van der Waals surface area contributed by atoms with Crippen LogP contribution in [0.4, 0.5) is 4.39 Å². The second-order valence-electron chi connectivity index (χ2n) is 5.47. The molecule has 120 valence electrons. The summed E-state index contributed by atoms with van der Waals surface area (Å²) < 4.78 is 23.6. The van der Waals surface area contributed by atoms with E-state index >= 15 is 0 Å². The first kappa shape index (κ1) is 16.6. The Bertz CT molecular complexity index is 586. The molecule has 1 heterocycles. The molecular weight excluding hydrogens is 285 g/mol. The summed E-state index contributed by atoms with van der Waals surface area (Å²) in [7, 11) is 1.68. The van der Waals surface area contributed by atoms with Crippen molar-refractivity contribution in [3.8, 4) is 0 Å². The predicted molar refractivity (Wildman–Crippen MR) is 80.9 cm³/mol. The molecule has 0 saturated carbocycles. The van der Waals surface area contributed by atoms with Crippen LogP contribution < -0.4 is 0 Å². The summed E-state index contributed by atoms with van der Waals surface area (Å²) in [5.74, 6) is 0.874. The highest BCUT2D eigenvalue weighted by Crippen LogP contribution is 2.11. The third-order valence-electron chi connectivity index (χ3n) is 3.41. The van der Waals surface area contributed by atoms with Gasteiger partial charge in [0.25, 0.3) is 0 Å². The molecule has 0 fully saturated rings. The normalized spacial score (nSPS) is 11.5. The zero-order valence-corrected chi connectivity index (χ0v) is 13.3. The van der Waals surface area contributed by atoms with Gasteiger partial charge < -0.3 is 9.26 Å². The van der Waals surface area contributed by atoms with Gasteiger partial charge in [-0.15, -0.1) is 0 Å². The second kappa shape index (κ2) is 8.00. The van der Waals surface area contributed by atoms with Crippen LogP contribution in [0.15, 0.2) is 28.8 Å². The fourth-order valence-electron chi connectivity index (χ4n) is 2.16. The molecule has 1 aromatic carbocycles. The lowest BCUT2D eigenvalue weighted by atomic mass is 10.1. The van der Waals surface area contributed by atoms with Gasteiger partial charge in [-0.25, -0.2) is 4.39 Å². The van der Waals surface area contributed by atoms with Crippen LogP contribution in [0.2, 0.25) is 0 Å². The maximum atomic E-state index is 13.2. The fraction of sp³-hybridized carbons (Fsp3) is 0.500. The number of methoxy groups -OCH3 is 1. The van der Waals surface area contributed by atoms with Crippen molar-refractivity contribution in [2.45, 2.75) is 32.9 Å². The highest BCUT2D eigenvalue weighted by molar-refractivity contribution is 5.19. The molecule has 0 spiro atoms. The highest BCUT2D eigenvalue weighted by atomic mass is 19.1. The average Bonchev–Trinajstić information content (AvgIpc) is 2.90. The molecule has 5 nitrogen and oxygen atoms in total. The number of benzene rings is 1. The van der Waals surface area contributed by atoms with Crippen molar-refractivity contribution in [1.29, 1.82) is 0 Å². The van der Waals surface area contributed by atoms with E-state index in [1.165, 1.54) is 12.1 Å². The Hall–Kier alpha value is -1.79. The molecule has 22 heavy (non-hydrogen) atoms. The molecule has 0 amide bonds. The summed E-state index contributed by atoms with van der Waals surface area (Å²) in [4.78, 5) is 6.58. The number of rotatable bonds is 8. The minimum atomic E-state index is -0.258. The maximum absolute atomic E-state index is 13.2. The smallest absolute Gasteiger partial charge is 0.240 e. The van der Waals surface area contributed by atoms with Crippen molar-refractivity contribution < 1.29 is 13.7 Å². The zero-order chi connectivity index (χ0) is 15.9. The number of hydrogen-bond acceptors (Lipinski definition) is 5. The standard InChI is InChI=1S/C16H22FN3O2/c1-12(2)20(7-8-21-3)11-16-18-15(19-22-16)10-13-5-4-6-14(17)9-13/h4-6,9,12H,7-8,10-11H2,1-3H3. The van der Waals surface area contributed by atoms with Crippen LogP contribution in [0.25, 0.3) is 0 Å². The van der Waals surface area contributed by atoms with Crippen molar-refractivity contribution in [1.82, 2.24) is 15.0 Å². The summed E-state index contributed by atoms with van der Waals surface area (Å²) in [6.07, 6.45) is 0.459. The Kier molecular flexibility index (Phi) is 6.03. The van der Waals surface area contributed by atoms with Crippen LogP contribution in [0, 0.1) is 5.82 Å². The van der Waals surface area contributed by atoms with E-state index in [4.69, 9.17) is 9.26 Å². The Morgan fingerprint density at radius 2 is 2.18 bits per heavy atom. The van der Waals surface area contributed by atoms with Crippen LogP contribution in [0.1, 0.15) is 31.1 Å². The molecule has 2 rings (SSSR count). The molecule has 0 atom stereocenters. The first-order valence-electron chi connectivity index (χ1n) is 7.37. The Morgan fingerprint density at radius 3 is 2.86 bits per heavy atom. The van der Waals surface area contributed by atoms with Gasteiger partial charge in [-0.2, -0.15) is 4.98 Å². The summed E-state index contributed by atoms with van der Waals surface area (Å²) in [5.41, 5.74) is 0.826. The lowest BCUT2D eigenvalue weighted by molar-refractivity contribution is 0.115. The van der Waals surface area contributed by atoms with Gasteiger partial charge in [-0.3, -0.25) is 4.90 Å². The first-order chi connectivity index (χ1) is 10.6. The highest BCUT2D eigenvalue weighted by Gasteiger charge is 2.15. The molecule has 1 aromatic heterocycles. The van der Waals surface area contributed by atoms with Crippen LogP contribution in [-0.4, -0.2) is 41.3 Å². The van der Waals surface area contributed by atoms with Gasteiger partial charge in [-0.05, 0) is 31.5 Å². The van der Waals surface area contributed by atoms with Gasteiger partial charge in [0.05, 0.1) is 13.2 Å². The molecule has 0 radical (unpaired) electrons. The van der Waals surface area contributed by atoms with E-state index in [0.717, 1.165) is 12.1 Å².